The van der Waals surface area contributed by atoms with Crippen molar-refractivity contribution < 1.29 is 4.74 Å². The molecule has 0 aliphatic carbocycles. The SMILES string of the molecule is Cc1cc(Cl)nc(C2Cc3ccccc3O2)n1. The first-order valence-electron chi connectivity index (χ1n) is 5.48. The summed E-state index contributed by atoms with van der Waals surface area (Å²) in [5, 5.41) is 0.465. The number of hydrogen-bond acceptors (Lipinski definition) is 3. The molecular formula is C13H11ClN2O. The van der Waals surface area contributed by atoms with E-state index < -0.39 is 0 Å². The Hall–Kier alpha value is -1.61. The molecule has 1 aliphatic heterocycles. The van der Waals surface area contributed by atoms with E-state index in [0.29, 0.717) is 11.0 Å². The molecular weight excluding hydrogens is 236 g/mol. The van der Waals surface area contributed by atoms with E-state index in [0.717, 1.165) is 17.9 Å². The molecule has 2 aromatic rings. The van der Waals surface area contributed by atoms with Crippen molar-refractivity contribution in [2.24, 2.45) is 0 Å². The first-order valence-corrected chi connectivity index (χ1v) is 5.86. The van der Waals surface area contributed by atoms with Crippen molar-refractivity contribution in [2.45, 2.75) is 19.4 Å². The van der Waals surface area contributed by atoms with Gasteiger partial charge in [-0.3, -0.25) is 0 Å². The first-order chi connectivity index (χ1) is 8.22. The van der Waals surface area contributed by atoms with E-state index in [2.05, 4.69) is 16.0 Å². The van der Waals surface area contributed by atoms with Gasteiger partial charge in [0.15, 0.2) is 11.9 Å². The highest BCUT2D eigenvalue weighted by Gasteiger charge is 2.26. The molecule has 0 fully saturated rings. The highest BCUT2D eigenvalue weighted by atomic mass is 35.5. The molecule has 1 aliphatic rings. The van der Waals surface area contributed by atoms with Crippen LogP contribution < -0.4 is 4.74 Å². The van der Waals surface area contributed by atoms with E-state index in [4.69, 9.17) is 16.3 Å². The normalized spacial score (nSPS) is 17.6. The molecule has 0 amide bonds. The van der Waals surface area contributed by atoms with Crippen LogP contribution in [-0.2, 0) is 6.42 Å². The van der Waals surface area contributed by atoms with Gasteiger partial charge in [0.05, 0.1) is 0 Å². The topological polar surface area (TPSA) is 35.0 Å². The maximum atomic E-state index is 5.93. The maximum absolute atomic E-state index is 5.93. The minimum absolute atomic E-state index is 0.121. The summed E-state index contributed by atoms with van der Waals surface area (Å²) in [5.41, 5.74) is 2.05. The third-order valence-electron chi connectivity index (χ3n) is 2.78. The molecule has 17 heavy (non-hydrogen) atoms. The van der Waals surface area contributed by atoms with Crippen molar-refractivity contribution in [2.75, 3.05) is 0 Å². The summed E-state index contributed by atoms with van der Waals surface area (Å²) in [6, 6.07) is 9.74. The Morgan fingerprint density at radius 3 is 2.88 bits per heavy atom. The van der Waals surface area contributed by atoms with Crippen LogP contribution in [0.2, 0.25) is 5.15 Å². The van der Waals surface area contributed by atoms with Crippen molar-refractivity contribution in [1.82, 2.24) is 9.97 Å². The number of halogens is 1. The zero-order valence-corrected chi connectivity index (χ0v) is 10.1. The Kier molecular flexibility index (Phi) is 2.48. The number of para-hydroxylation sites is 1. The fourth-order valence-electron chi connectivity index (χ4n) is 2.02. The zero-order valence-electron chi connectivity index (χ0n) is 9.35. The van der Waals surface area contributed by atoms with E-state index in [9.17, 15) is 0 Å². The average Bonchev–Trinajstić information content (AvgIpc) is 2.71. The van der Waals surface area contributed by atoms with E-state index in [1.807, 2.05) is 25.1 Å². The molecule has 0 radical (unpaired) electrons. The van der Waals surface area contributed by atoms with E-state index in [-0.39, 0.29) is 6.10 Å². The summed E-state index contributed by atoms with van der Waals surface area (Å²) in [4.78, 5) is 8.61. The van der Waals surface area contributed by atoms with Crippen LogP contribution in [0.15, 0.2) is 30.3 Å². The summed E-state index contributed by atoms with van der Waals surface area (Å²) in [6.45, 7) is 1.90. The van der Waals surface area contributed by atoms with Crippen LogP contribution in [0.25, 0.3) is 0 Å². The third-order valence-corrected chi connectivity index (χ3v) is 2.97. The lowest BCUT2D eigenvalue weighted by Gasteiger charge is -2.09. The Balaban J connectivity index is 1.93. The van der Waals surface area contributed by atoms with E-state index in [1.54, 1.807) is 6.07 Å². The number of benzene rings is 1. The number of aromatic nitrogens is 2. The Morgan fingerprint density at radius 2 is 2.12 bits per heavy atom. The van der Waals surface area contributed by atoms with Gasteiger partial charge in [0.2, 0.25) is 0 Å². The molecule has 0 saturated carbocycles. The van der Waals surface area contributed by atoms with Gasteiger partial charge in [0.25, 0.3) is 0 Å². The first kappa shape index (κ1) is 10.5. The van der Waals surface area contributed by atoms with Gasteiger partial charge in [-0.2, -0.15) is 0 Å². The minimum atomic E-state index is -0.121. The average molecular weight is 247 g/mol. The molecule has 3 rings (SSSR count). The lowest BCUT2D eigenvalue weighted by atomic mass is 10.1. The second-order valence-electron chi connectivity index (χ2n) is 4.11. The molecule has 3 nitrogen and oxygen atoms in total. The second kappa shape index (κ2) is 4.00. The molecule has 1 aromatic heterocycles. The van der Waals surface area contributed by atoms with Gasteiger partial charge in [-0.25, -0.2) is 9.97 Å². The van der Waals surface area contributed by atoms with Gasteiger partial charge in [-0.05, 0) is 24.6 Å². The largest absolute Gasteiger partial charge is 0.482 e. The highest BCUT2D eigenvalue weighted by molar-refractivity contribution is 6.29. The molecule has 1 atom stereocenters. The molecule has 4 heteroatoms. The molecule has 1 unspecified atom stereocenters. The van der Waals surface area contributed by atoms with Crippen LogP contribution in [-0.4, -0.2) is 9.97 Å². The minimum Gasteiger partial charge on any atom is -0.482 e. The molecule has 0 N–H and O–H groups in total. The van der Waals surface area contributed by atoms with Crippen LogP contribution in [0, 0.1) is 6.92 Å². The lowest BCUT2D eigenvalue weighted by Crippen LogP contribution is -2.09. The maximum Gasteiger partial charge on any atom is 0.171 e. The molecule has 2 heterocycles. The van der Waals surface area contributed by atoms with E-state index >= 15 is 0 Å². The Bertz CT molecular complexity index is 526. The number of rotatable bonds is 1. The molecule has 86 valence electrons. The predicted octanol–water partition coefficient (Wildman–Crippen LogP) is 3.11. The van der Waals surface area contributed by atoms with Crippen LogP contribution in [0.3, 0.4) is 0 Å². The lowest BCUT2D eigenvalue weighted by molar-refractivity contribution is 0.227. The summed E-state index contributed by atoms with van der Waals surface area (Å²) in [7, 11) is 0. The quantitative estimate of drug-likeness (QED) is 0.726. The van der Waals surface area contributed by atoms with Crippen molar-refractivity contribution in [3.8, 4) is 5.75 Å². The van der Waals surface area contributed by atoms with Gasteiger partial charge in [0, 0.05) is 12.1 Å². The third kappa shape index (κ3) is 1.98. The summed E-state index contributed by atoms with van der Waals surface area (Å²) in [5.74, 6) is 1.57. The smallest absolute Gasteiger partial charge is 0.171 e. The van der Waals surface area contributed by atoms with Gasteiger partial charge < -0.3 is 4.74 Å². The number of nitrogens with zero attached hydrogens (tertiary/aromatic N) is 2. The van der Waals surface area contributed by atoms with Crippen molar-refractivity contribution >= 4 is 11.6 Å². The Morgan fingerprint density at radius 1 is 1.29 bits per heavy atom. The van der Waals surface area contributed by atoms with Gasteiger partial charge in [-0.1, -0.05) is 29.8 Å². The number of fused-ring (bicyclic) bond motifs is 1. The summed E-state index contributed by atoms with van der Waals surface area (Å²) in [6.07, 6.45) is 0.681. The fraction of sp³-hybridized carbons (Fsp3) is 0.231. The summed E-state index contributed by atoms with van der Waals surface area (Å²) >= 11 is 5.93. The Labute approximate surface area is 104 Å². The fourth-order valence-corrected chi connectivity index (χ4v) is 2.27. The monoisotopic (exact) mass is 246 g/mol. The summed E-state index contributed by atoms with van der Waals surface area (Å²) < 4.78 is 5.82. The number of ether oxygens (including phenoxy) is 1. The zero-order chi connectivity index (χ0) is 11.8. The van der Waals surface area contributed by atoms with Crippen LogP contribution in [0.5, 0.6) is 5.75 Å². The molecule has 0 saturated heterocycles. The standard InChI is InChI=1S/C13H11ClN2O/c1-8-6-12(14)16-13(15-8)11-7-9-4-2-3-5-10(9)17-11/h2-6,11H,7H2,1H3. The highest BCUT2D eigenvalue weighted by Crippen LogP contribution is 2.35. The number of hydrogen-bond donors (Lipinski definition) is 0. The van der Waals surface area contributed by atoms with Gasteiger partial charge >= 0.3 is 0 Å². The van der Waals surface area contributed by atoms with E-state index in [1.165, 1.54) is 5.56 Å². The number of aryl methyl sites for hydroxylation is 1. The second-order valence-corrected chi connectivity index (χ2v) is 4.50. The van der Waals surface area contributed by atoms with Crippen LogP contribution >= 0.6 is 11.6 Å². The van der Waals surface area contributed by atoms with Crippen molar-refractivity contribution in [3.63, 3.8) is 0 Å². The predicted molar refractivity (Wildman–Crippen MR) is 65.3 cm³/mol. The molecule has 0 spiro atoms. The van der Waals surface area contributed by atoms with Crippen molar-refractivity contribution in [3.05, 3.63) is 52.6 Å². The van der Waals surface area contributed by atoms with Crippen molar-refractivity contribution in [1.29, 1.82) is 0 Å². The van der Waals surface area contributed by atoms with Gasteiger partial charge in [-0.15, -0.1) is 0 Å². The van der Waals surface area contributed by atoms with Crippen LogP contribution in [0.1, 0.15) is 23.2 Å². The van der Waals surface area contributed by atoms with Gasteiger partial charge in [0.1, 0.15) is 10.9 Å². The molecule has 0 bridgehead atoms. The molecule has 1 aromatic carbocycles. The van der Waals surface area contributed by atoms with Crippen LogP contribution in [0.4, 0.5) is 0 Å².